The van der Waals surface area contributed by atoms with Crippen molar-refractivity contribution in [3.8, 4) is 0 Å². The lowest BCUT2D eigenvalue weighted by Gasteiger charge is -2.25. The van der Waals surface area contributed by atoms with E-state index < -0.39 is 12.1 Å². The van der Waals surface area contributed by atoms with E-state index in [2.05, 4.69) is 0 Å². The normalized spacial score (nSPS) is 16.1. The number of hydrogen-bond acceptors (Lipinski definition) is 3. The zero-order valence-corrected chi connectivity index (χ0v) is 9.18. The molecule has 0 aromatic carbocycles. The fraction of sp³-hybridized carbons (Fsp3) is 0.455. The molecule has 1 N–H and O–H groups in total. The van der Waals surface area contributed by atoms with Gasteiger partial charge in [0.1, 0.15) is 0 Å². The molecule has 5 nitrogen and oxygen atoms in total. The van der Waals surface area contributed by atoms with Crippen molar-refractivity contribution in [2.45, 2.75) is 19.8 Å². The lowest BCUT2D eigenvalue weighted by molar-refractivity contribution is -0.131. The zero-order valence-electron chi connectivity index (χ0n) is 9.18. The molecular weight excluding hydrogens is 210 g/mol. The first-order chi connectivity index (χ1) is 7.65. The molecule has 0 atom stereocenters. The molecule has 88 valence electrons. The van der Waals surface area contributed by atoms with Crippen LogP contribution in [0.4, 0.5) is 4.79 Å². The summed E-state index contributed by atoms with van der Waals surface area (Å²) in [6.07, 6.45) is 5.54. The first kappa shape index (κ1) is 12.3. The Kier molecular flexibility index (Phi) is 4.57. The summed E-state index contributed by atoms with van der Waals surface area (Å²) in [5.41, 5.74) is 0.590. The summed E-state index contributed by atoms with van der Waals surface area (Å²) < 4.78 is 4.88. The maximum Gasteiger partial charge on any atom is 0.414 e. The van der Waals surface area contributed by atoms with Crippen LogP contribution in [0.15, 0.2) is 23.9 Å². The monoisotopic (exact) mass is 225 g/mol. The first-order valence-corrected chi connectivity index (χ1v) is 5.20. The molecule has 1 heterocycles. The van der Waals surface area contributed by atoms with Crippen LogP contribution in [0.25, 0.3) is 0 Å². The van der Waals surface area contributed by atoms with Crippen molar-refractivity contribution < 1.29 is 19.4 Å². The highest BCUT2D eigenvalue weighted by Gasteiger charge is 2.19. The number of carbonyl (C=O) groups is 2. The van der Waals surface area contributed by atoms with Crippen molar-refractivity contribution in [2.24, 2.45) is 0 Å². The maximum atomic E-state index is 11.5. The molecule has 1 aliphatic heterocycles. The standard InChI is InChI=1S/C11H15NO4/c1-2-16-11(15)12-8-4-3-5-9(12)6-7-10(13)14/h5-7H,2-4,8H2,1H3,(H,13,14)/b7-6+. The third kappa shape index (κ3) is 3.42. The van der Waals surface area contributed by atoms with Crippen LogP contribution in [0.5, 0.6) is 0 Å². The molecule has 1 amide bonds. The molecule has 0 radical (unpaired) electrons. The van der Waals surface area contributed by atoms with Crippen molar-refractivity contribution in [3.63, 3.8) is 0 Å². The molecule has 0 fully saturated rings. The van der Waals surface area contributed by atoms with Crippen LogP contribution in [0.2, 0.25) is 0 Å². The molecule has 0 spiro atoms. The van der Waals surface area contributed by atoms with Gasteiger partial charge in [0.05, 0.1) is 6.61 Å². The number of carboxylic acids is 1. The Morgan fingerprint density at radius 3 is 3.00 bits per heavy atom. The Morgan fingerprint density at radius 2 is 2.38 bits per heavy atom. The van der Waals surface area contributed by atoms with Crippen LogP contribution in [0, 0.1) is 0 Å². The van der Waals surface area contributed by atoms with Crippen molar-refractivity contribution in [3.05, 3.63) is 23.9 Å². The second-order valence-electron chi connectivity index (χ2n) is 3.29. The Bertz CT molecular complexity index is 333. The predicted molar refractivity (Wildman–Crippen MR) is 57.8 cm³/mol. The van der Waals surface area contributed by atoms with Crippen LogP contribution >= 0.6 is 0 Å². The van der Waals surface area contributed by atoms with Crippen LogP contribution in [-0.4, -0.2) is 35.2 Å². The average Bonchev–Trinajstić information content (AvgIpc) is 2.27. The SMILES string of the molecule is CCOC(=O)N1CCCC=C1/C=C/C(=O)O. The molecule has 0 saturated carbocycles. The fourth-order valence-electron chi connectivity index (χ4n) is 1.45. The number of amides is 1. The van der Waals surface area contributed by atoms with Crippen LogP contribution in [0.3, 0.4) is 0 Å². The van der Waals surface area contributed by atoms with Crippen LogP contribution in [0.1, 0.15) is 19.8 Å². The lowest BCUT2D eigenvalue weighted by Crippen LogP contribution is -2.33. The van der Waals surface area contributed by atoms with Gasteiger partial charge < -0.3 is 9.84 Å². The van der Waals surface area contributed by atoms with E-state index in [-0.39, 0.29) is 0 Å². The second-order valence-corrected chi connectivity index (χ2v) is 3.29. The number of aliphatic carboxylic acids is 1. The molecule has 1 rings (SSSR count). The molecule has 0 bridgehead atoms. The summed E-state index contributed by atoms with van der Waals surface area (Å²) in [6, 6.07) is 0. The minimum atomic E-state index is -1.03. The molecule has 0 aliphatic carbocycles. The highest BCUT2D eigenvalue weighted by Crippen LogP contribution is 2.17. The lowest BCUT2D eigenvalue weighted by atomic mass is 10.1. The van der Waals surface area contributed by atoms with E-state index in [0.29, 0.717) is 18.8 Å². The summed E-state index contributed by atoms with van der Waals surface area (Å²) in [7, 11) is 0. The number of hydrogen-bond donors (Lipinski definition) is 1. The van der Waals surface area contributed by atoms with Crippen LogP contribution in [-0.2, 0) is 9.53 Å². The first-order valence-electron chi connectivity index (χ1n) is 5.20. The highest BCUT2D eigenvalue weighted by atomic mass is 16.6. The Morgan fingerprint density at radius 1 is 1.62 bits per heavy atom. The van der Waals surface area contributed by atoms with Gasteiger partial charge in [-0.2, -0.15) is 0 Å². The molecule has 1 aliphatic rings. The Balaban J connectivity index is 2.74. The van der Waals surface area contributed by atoms with Gasteiger partial charge in [-0.1, -0.05) is 6.08 Å². The maximum absolute atomic E-state index is 11.5. The van der Waals surface area contributed by atoms with E-state index in [4.69, 9.17) is 9.84 Å². The summed E-state index contributed by atoms with van der Waals surface area (Å²) >= 11 is 0. The van der Waals surface area contributed by atoms with Gasteiger partial charge in [-0.25, -0.2) is 9.59 Å². The molecule has 0 aromatic heterocycles. The van der Waals surface area contributed by atoms with Crippen molar-refractivity contribution >= 4 is 12.1 Å². The van der Waals surface area contributed by atoms with Crippen molar-refractivity contribution in [1.29, 1.82) is 0 Å². The number of carbonyl (C=O) groups excluding carboxylic acids is 1. The fourth-order valence-corrected chi connectivity index (χ4v) is 1.45. The summed E-state index contributed by atoms with van der Waals surface area (Å²) in [6.45, 7) is 2.61. The highest BCUT2D eigenvalue weighted by molar-refractivity contribution is 5.81. The van der Waals surface area contributed by atoms with Crippen molar-refractivity contribution in [2.75, 3.05) is 13.2 Å². The number of carboxylic acid groups (broad SMARTS) is 1. The van der Waals surface area contributed by atoms with E-state index in [1.807, 2.05) is 6.08 Å². The van der Waals surface area contributed by atoms with Gasteiger partial charge in [0, 0.05) is 18.3 Å². The number of allylic oxidation sites excluding steroid dienone is 2. The summed E-state index contributed by atoms with van der Waals surface area (Å²) in [5.74, 6) is -1.03. The molecule has 16 heavy (non-hydrogen) atoms. The minimum absolute atomic E-state index is 0.311. The molecule has 0 aromatic rings. The number of nitrogens with zero attached hydrogens (tertiary/aromatic N) is 1. The van der Waals surface area contributed by atoms with Gasteiger partial charge in [0.2, 0.25) is 0 Å². The minimum Gasteiger partial charge on any atom is -0.478 e. The smallest absolute Gasteiger partial charge is 0.414 e. The largest absolute Gasteiger partial charge is 0.478 e. The quantitative estimate of drug-likeness (QED) is 0.743. The average molecular weight is 225 g/mol. The van der Waals surface area contributed by atoms with E-state index in [0.717, 1.165) is 18.9 Å². The molecule has 0 unspecified atom stereocenters. The summed E-state index contributed by atoms with van der Waals surface area (Å²) in [5, 5.41) is 8.52. The number of rotatable bonds is 3. The van der Waals surface area contributed by atoms with Gasteiger partial charge in [0.15, 0.2) is 0 Å². The second kappa shape index (κ2) is 5.95. The van der Waals surface area contributed by atoms with Gasteiger partial charge in [-0.15, -0.1) is 0 Å². The zero-order chi connectivity index (χ0) is 12.0. The van der Waals surface area contributed by atoms with Crippen molar-refractivity contribution in [1.82, 2.24) is 4.90 Å². The van der Waals surface area contributed by atoms with E-state index in [9.17, 15) is 9.59 Å². The number of ether oxygens (including phenoxy) is 1. The van der Waals surface area contributed by atoms with E-state index in [1.54, 1.807) is 6.92 Å². The third-order valence-corrected chi connectivity index (χ3v) is 2.14. The topological polar surface area (TPSA) is 66.8 Å². The molecule has 0 saturated heterocycles. The third-order valence-electron chi connectivity index (χ3n) is 2.14. The van der Waals surface area contributed by atoms with Crippen LogP contribution < -0.4 is 0 Å². The molecule has 5 heteroatoms. The van der Waals surface area contributed by atoms with Gasteiger partial charge in [0.25, 0.3) is 0 Å². The van der Waals surface area contributed by atoms with Gasteiger partial charge in [-0.05, 0) is 25.8 Å². The predicted octanol–water partition coefficient (Wildman–Crippen LogP) is 1.76. The van der Waals surface area contributed by atoms with E-state index in [1.165, 1.54) is 11.0 Å². The Hall–Kier alpha value is -1.78. The van der Waals surface area contributed by atoms with Gasteiger partial charge in [-0.3, -0.25) is 4.90 Å². The summed E-state index contributed by atoms with van der Waals surface area (Å²) in [4.78, 5) is 23.4. The Labute approximate surface area is 94.0 Å². The van der Waals surface area contributed by atoms with E-state index >= 15 is 0 Å². The van der Waals surface area contributed by atoms with Gasteiger partial charge >= 0.3 is 12.1 Å². The molecular formula is C11H15NO4.